The maximum atomic E-state index is 7.77. The van der Waals surface area contributed by atoms with Crippen molar-refractivity contribution < 1.29 is 4.79 Å². The van der Waals surface area contributed by atoms with Crippen LogP contribution in [0.2, 0.25) is 0 Å². The van der Waals surface area contributed by atoms with Gasteiger partial charge >= 0.3 is 0 Å². The first kappa shape index (κ1) is 3.35. The van der Waals surface area contributed by atoms with Crippen LogP contribution in [0.25, 0.3) is 5.53 Å². The lowest BCUT2D eigenvalue weighted by atomic mass is 10.7. The van der Waals surface area contributed by atoms with E-state index in [1.807, 2.05) is 0 Å². The van der Waals surface area contributed by atoms with E-state index in [2.05, 4.69) is 10.7 Å². The van der Waals surface area contributed by atoms with Gasteiger partial charge in [-0.1, -0.05) is 0 Å². The second-order valence-electron chi connectivity index (χ2n) is 1.32. The fraction of sp³-hybridized carbons (Fsp3) is 0.500. The molecule has 30 valence electrons. The first-order valence-corrected chi connectivity index (χ1v) is 1.88. The molecular formula is C4H4N2. The molecule has 0 aromatic heterocycles. The van der Waals surface area contributed by atoms with Crippen molar-refractivity contribution in [1.82, 2.24) is 0 Å². The highest BCUT2D eigenvalue weighted by Crippen LogP contribution is 2.23. The zero-order valence-corrected chi connectivity index (χ0v) is 3.31. The minimum Gasteiger partial charge on any atom is -0.348 e. The molecule has 0 saturated heterocycles. The summed E-state index contributed by atoms with van der Waals surface area (Å²) in [5.74, 6) is 2.42. The molecule has 0 bridgehead atoms. The van der Waals surface area contributed by atoms with E-state index >= 15 is 0 Å². The van der Waals surface area contributed by atoms with Gasteiger partial charge in [0, 0.05) is 0 Å². The highest BCUT2D eigenvalue weighted by atomic mass is 14.8. The van der Waals surface area contributed by atoms with Gasteiger partial charge < -0.3 is 5.53 Å². The van der Waals surface area contributed by atoms with Gasteiger partial charge in [0.15, 0.2) is 0 Å². The molecule has 6 heavy (non-hydrogen) atoms. The highest BCUT2D eigenvalue weighted by molar-refractivity contribution is 5.57. The second kappa shape index (κ2) is 1.09. The smallest absolute Gasteiger partial charge is 0.298 e. The first-order chi connectivity index (χ1) is 2.93. The molecule has 0 aliphatic heterocycles. The molecule has 0 amide bonds. The Morgan fingerprint density at radius 2 is 2.33 bits per heavy atom. The van der Waals surface area contributed by atoms with Gasteiger partial charge in [-0.2, -0.15) is 0 Å². The Morgan fingerprint density at radius 1 is 1.67 bits per heavy atom. The minimum absolute atomic E-state index is 1.07. The summed E-state index contributed by atoms with van der Waals surface area (Å²) < 4.78 is 0. The topological polar surface area (TPSA) is 36.4 Å². The maximum absolute atomic E-state index is 7.77. The standard InChI is InChI=1S/C4H4N2/c5-6-3-4-1-2-4/h1-2H2. The van der Waals surface area contributed by atoms with Gasteiger partial charge in [-0.25, -0.2) is 0 Å². The summed E-state index contributed by atoms with van der Waals surface area (Å²) in [7, 11) is 0. The summed E-state index contributed by atoms with van der Waals surface area (Å²) in [5.41, 5.74) is 8.89. The molecule has 2 heteroatoms. The van der Waals surface area contributed by atoms with Crippen LogP contribution in [0, 0.1) is 0 Å². The fourth-order valence-electron chi connectivity index (χ4n) is 0.245. The monoisotopic (exact) mass is 80.0 g/mol. The van der Waals surface area contributed by atoms with E-state index in [9.17, 15) is 0 Å². The Kier molecular flexibility index (Phi) is 0.612. The molecule has 0 aromatic rings. The van der Waals surface area contributed by atoms with Crippen LogP contribution in [-0.4, -0.2) is 10.7 Å². The van der Waals surface area contributed by atoms with Crippen LogP contribution in [0.15, 0.2) is 5.57 Å². The largest absolute Gasteiger partial charge is 0.348 e. The van der Waals surface area contributed by atoms with E-state index in [0.29, 0.717) is 0 Å². The molecule has 0 unspecified atom stereocenters. The number of rotatable bonds is 0. The summed E-state index contributed by atoms with van der Waals surface area (Å²) in [6.07, 6.45) is 2.15. The molecule has 1 aliphatic rings. The molecule has 0 spiro atoms. The lowest BCUT2D eigenvalue weighted by Gasteiger charge is -1.34. The average Bonchev–Trinajstić information content (AvgIpc) is 2.21. The lowest BCUT2D eigenvalue weighted by molar-refractivity contribution is 0.00775. The molecule has 0 radical (unpaired) electrons. The van der Waals surface area contributed by atoms with Crippen molar-refractivity contribution in [3.8, 4) is 0 Å². The van der Waals surface area contributed by atoms with Crippen LogP contribution in [0.1, 0.15) is 12.8 Å². The zero-order valence-electron chi connectivity index (χ0n) is 3.31. The van der Waals surface area contributed by atoms with Crippen molar-refractivity contribution in [2.24, 2.45) is 0 Å². The molecular weight excluding hydrogens is 76.1 g/mol. The third-order valence-corrected chi connectivity index (χ3v) is 0.708. The number of allylic oxidation sites excluding steroid dienone is 1. The van der Waals surface area contributed by atoms with Crippen molar-refractivity contribution in [3.05, 3.63) is 11.1 Å². The Morgan fingerprint density at radius 3 is 2.50 bits per heavy atom. The van der Waals surface area contributed by atoms with Gasteiger partial charge in [0.2, 0.25) is 0 Å². The van der Waals surface area contributed by atoms with E-state index < -0.39 is 0 Å². The Hall–Kier alpha value is -0.840. The van der Waals surface area contributed by atoms with Crippen LogP contribution in [0.5, 0.6) is 0 Å². The average molecular weight is 80.1 g/mol. The zero-order chi connectivity index (χ0) is 4.41. The summed E-state index contributed by atoms with van der Waals surface area (Å²) in [6, 6.07) is 0. The molecule has 0 heterocycles. The highest BCUT2D eigenvalue weighted by Gasteiger charge is 2.13. The maximum Gasteiger partial charge on any atom is 0.298 e. The van der Waals surface area contributed by atoms with Crippen molar-refractivity contribution in [1.29, 1.82) is 0 Å². The molecule has 1 rings (SSSR count). The van der Waals surface area contributed by atoms with Crippen LogP contribution in [0.4, 0.5) is 0 Å². The second-order valence-corrected chi connectivity index (χ2v) is 1.32. The van der Waals surface area contributed by atoms with Gasteiger partial charge in [-0.15, -0.1) is 4.79 Å². The predicted molar refractivity (Wildman–Crippen MR) is 21.4 cm³/mol. The molecule has 0 atom stereocenters. The quantitative estimate of drug-likeness (QED) is 0.232. The predicted octanol–water partition coefficient (Wildman–Crippen LogP) is 0.606. The third-order valence-electron chi connectivity index (χ3n) is 0.708. The summed E-state index contributed by atoms with van der Waals surface area (Å²) >= 11 is 0. The molecule has 2 nitrogen and oxygen atoms in total. The number of hydrogen-bond acceptors (Lipinski definition) is 0. The van der Waals surface area contributed by atoms with Gasteiger partial charge in [0.25, 0.3) is 5.87 Å². The van der Waals surface area contributed by atoms with Crippen molar-refractivity contribution >= 4 is 5.87 Å². The molecule has 1 saturated carbocycles. The Bertz CT molecular complexity index is 130. The summed E-state index contributed by atoms with van der Waals surface area (Å²) in [4.78, 5) is 2.71. The van der Waals surface area contributed by atoms with E-state index in [1.54, 1.807) is 0 Å². The van der Waals surface area contributed by atoms with Crippen LogP contribution in [0.3, 0.4) is 0 Å². The van der Waals surface area contributed by atoms with Crippen molar-refractivity contribution in [3.63, 3.8) is 0 Å². The summed E-state index contributed by atoms with van der Waals surface area (Å²) in [6.45, 7) is 0. The minimum atomic E-state index is 1.07. The molecule has 1 fully saturated rings. The molecule has 1 aliphatic carbocycles. The Balaban J connectivity index is 2.90. The fourth-order valence-corrected chi connectivity index (χ4v) is 0.245. The van der Waals surface area contributed by atoms with Crippen molar-refractivity contribution in [2.75, 3.05) is 0 Å². The molecule has 0 N–H and O–H groups in total. The number of nitrogens with zero attached hydrogens (tertiary/aromatic N) is 2. The molecule has 0 aromatic carbocycles. The SMILES string of the molecule is [N-]=[N+]=C=C1CC1. The van der Waals surface area contributed by atoms with Gasteiger partial charge in [-0.3, -0.25) is 0 Å². The van der Waals surface area contributed by atoms with E-state index in [1.165, 1.54) is 0 Å². The van der Waals surface area contributed by atoms with Crippen LogP contribution >= 0.6 is 0 Å². The Labute approximate surface area is 35.7 Å². The lowest BCUT2D eigenvalue weighted by Crippen LogP contribution is -1.46. The third kappa shape index (κ3) is 0.554. The van der Waals surface area contributed by atoms with Crippen molar-refractivity contribution in [2.45, 2.75) is 12.8 Å². The van der Waals surface area contributed by atoms with Gasteiger partial charge in [0.05, 0.1) is 5.57 Å². The number of hydrogen-bond donors (Lipinski definition) is 0. The van der Waals surface area contributed by atoms with E-state index in [0.717, 1.165) is 18.4 Å². The van der Waals surface area contributed by atoms with Crippen LogP contribution in [-0.2, 0) is 0 Å². The van der Waals surface area contributed by atoms with Gasteiger partial charge in [-0.05, 0) is 12.8 Å². The van der Waals surface area contributed by atoms with Crippen LogP contribution < -0.4 is 0 Å². The van der Waals surface area contributed by atoms with E-state index in [-0.39, 0.29) is 0 Å². The van der Waals surface area contributed by atoms with E-state index in [4.69, 9.17) is 5.53 Å². The van der Waals surface area contributed by atoms with Gasteiger partial charge in [0.1, 0.15) is 0 Å². The summed E-state index contributed by atoms with van der Waals surface area (Å²) in [5, 5.41) is 0. The normalized spacial score (nSPS) is 15.7. The first-order valence-electron chi connectivity index (χ1n) is 1.88.